The van der Waals surface area contributed by atoms with Crippen LogP contribution in [0.2, 0.25) is 0 Å². The van der Waals surface area contributed by atoms with Crippen molar-refractivity contribution in [3.63, 3.8) is 0 Å². The number of carbonyl (C=O) groups is 3. The molecule has 8 heteroatoms. The molecule has 0 spiro atoms. The Labute approximate surface area is 248 Å². The number of aliphatic carboxylic acids is 1. The summed E-state index contributed by atoms with van der Waals surface area (Å²) in [7, 11) is 1.60. The van der Waals surface area contributed by atoms with Crippen LogP contribution in [0.5, 0.6) is 5.75 Å². The van der Waals surface area contributed by atoms with Crippen molar-refractivity contribution in [1.82, 2.24) is 10.3 Å². The summed E-state index contributed by atoms with van der Waals surface area (Å²) in [6, 6.07) is 25.6. The van der Waals surface area contributed by atoms with Crippen LogP contribution in [0.3, 0.4) is 0 Å². The molecule has 2 aliphatic rings. The van der Waals surface area contributed by atoms with E-state index in [0.717, 1.165) is 44.8 Å². The number of carboxylic acid groups (broad SMARTS) is 1. The van der Waals surface area contributed by atoms with Crippen LogP contribution >= 0.6 is 0 Å². The van der Waals surface area contributed by atoms with Crippen molar-refractivity contribution < 1.29 is 24.2 Å². The molecule has 4 aromatic carbocycles. The molecule has 2 aliphatic heterocycles. The number of amides is 2. The third kappa shape index (κ3) is 3.97. The Hall–Kier alpha value is -4.95. The molecular weight excluding hydrogens is 542 g/mol. The van der Waals surface area contributed by atoms with Crippen molar-refractivity contribution in [2.24, 2.45) is 11.8 Å². The first-order valence-electron chi connectivity index (χ1n) is 14.5. The van der Waals surface area contributed by atoms with Crippen molar-refractivity contribution in [3.05, 3.63) is 108 Å². The van der Waals surface area contributed by atoms with E-state index in [0.29, 0.717) is 11.4 Å². The highest BCUT2D eigenvalue weighted by molar-refractivity contribution is 6.24. The molecule has 2 fully saturated rings. The Bertz CT molecular complexity index is 1910. The summed E-state index contributed by atoms with van der Waals surface area (Å²) in [4.78, 5) is 46.6. The number of nitrogens with zero attached hydrogens (tertiary/aromatic N) is 1. The van der Waals surface area contributed by atoms with E-state index in [1.54, 1.807) is 25.4 Å². The number of ether oxygens (including phenoxy) is 1. The molecule has 8 nitrogen and oxygen atoms in total. The maximum atomic E-state index is 14.4. The van der Waals surface area contributed by atoms with Gasteiger partial charge in [-0.1, -0.05) is 67.6 Å². The molecule has 0 radical (unpaired) electrons. The molecule has 0 bridgehead atoms. The molecule has 4 atom stereocenters. The van der Waals surface area contributed by atoms with Gasteiger partial charge in [0, 0.05) is 34.9 Å². The monoisotopic (exact) mass is 573 g/mol. The minimum atomic E-state index is -1.74. The minimum absolute atomic E-state index is 0.0136. The average molecular weight is 574 g/mol. The summed E-state index contributed by atoms with van der Waals surface area (Å²) < 4.78 is 5.61. The number of rotatable bonds is 7. The molecule has 5 aromatic rings. The Balaban J connectivity index is 1.42. The van der Waals surface area contributed by atoms with Gasteiger partial charge in [0.25, 0.3) is 0 Å². The lowest BCUT2D eigenvalue weighted by molar-refractivity contribution is -0.148. The zero-order chi connectivity index (χ0) is 29.9. The van der Waals surface area contributed by atoms with Gasteiger partial charge in [0.05, 0.1) is 24.6 Å². The van der Waals surface area contributed by atoms with Gasteiger partial charge in [-0.25, -0.2) is 4.90 Å². The van der Waals surface area contributed by atoms with Gasteiger partial charge in [0.2, 0.25) is 11.8 Å². The molecule has 0 aliphatic carbocycles. The van der Waals surface area contributed by atoms with E-state index in [1.807, 2.05) is 79.7 Å². The highest BCUT2D eigenvalue weighted by Crippen LogP contribution is 2.52. The number of aryl methyl sites for hydroxylation is 1. The molecule has 4 unspecified atom stereocenters. The molecule has 2 saturated heterocycles. The predicted molar refractivity (Wildman–Crippen MR) is 164 cm³/mol. The Kier molecular flexibility index (Phi) is 6.32. The van der Waals surface area contributed by atoms with Crippen LogP contribution in [-0.4, -0.2) is 40.5 Å². The fraction of sp³-hybridized carbons (Fsp3) is 0.229. The smallest absolute Gasteiger partial charge is 0.325 e. The second-order valence-corrected chi connectivity index (χ2v) is 11.4. The van der Waals surface area contributed by atoms with Gasteiger partial charge in [0.1, 0.15) is 11.3 Å². The number of carboxylic acids is 1. The number of nitrogens with one attached hydrogen (secondary N) is 2. The molecule has 3 N–H and O–H groups in total. The van der Waals surface area contributed by atoms with Gasteiger partial charge >= 0.3 is 5.97 Å². The van der Waals surface area contributed by atoms with Crippen molar-refractivity contribution in [3.8, 4) is 5.75 Å². The van der Waals surface area contributed by atoms with Gasteiger partial charge in [-0.3, -0.25) is 19.7 Å². The van der Waals surface area contributed by atoms with Crippen LogP contribution in [-0.2, 0) is 27.2 Å². The standard InChI is InChI=1S/C35H31N3O5/c1-3-20-12-14-22(15-13-20)38-32(39)29-30(33(38)40)35(34(41)42,18-21-19-36-27-11-7-6-8-23(21)27)37-31(29)26-16-17-28(43-2)25-10-5-4-9-24(25)26/h4-17,19,29-31,36-37H,3,18H2,1-2H3,(H,41,42). The van der Waals surface area contributed by atoms with Crippen LogP contribution < -0.4 is 15.0 Å². The van der Waals surface area contributed by atoms with Crippen LogP contribution in [0.4, 0.5) is 5.69 Å². The number of aromatic amines is 1. The van der Waals surface area contributed by atoms with E-state index in [1.165, 1.54) is 4.90 Å². The van der Waals surface area contributed by atoms with E-state index in [-0.39, 0.29) is 6.42 Å². The zero-order valence-electron chi connectivity index (χ0n) is 23.8. The largest absolute Gasteiger partial charge is 0.496 e. The van der Waals surface area contributed by atoms with Crippen molar-refractivity contribution >= 4 is 45.1 Å². The molecular formula is C35H31N3O5. The summed E-state index contributed by atoms with van der Waals surface area (Å²) >= 11 is 0. The van der Waals surface area contributed by atoms with Gasteiger partial charge in [-0.05, 0) is 52.8 Å². The molecule has 2 amide bonds. The topological polar surface area (TPSA) is 112 Å². The predicted octanol–water partition coefficient (Wildman–Crippen LogP) is 5.41. The third-order valence-corrected chi connectivity index (χ3v) is 9.26. The summed E-state index contributed by atoms with van der Waals surface area (Å²) in [5, 5.41) is 16.9. The highest BCUT2D eigenvalue weighted by Gasteiger charge is 2.68. The Morgan fingerprint density at radius 2 is 1.60 bits per heavy atom. The number of imide groups is 1. The van der Waals surface area contributed by atoms with Crippen LogP contribution in [0, 0.1) is 11.8 Å². The van der Waals surface area contributed by atoms with E-state index < -0.39 is 41.2 Å². The van der Waals surface area contributed by atoms with E-state index >= 15 is 0 Å². The van der Waals surface area contributed by atoms with Crippen LogP contribution in [0.1, 0.15) is 29.7 Å². The molecule has 216 valence electrons. The van der Waals surface area contributed by atoms with Gasteiger partial charge in [-0.15, -0.1) is 0 Å². The number of carbonyl (C=O) groups excluding carboxylic acids is 2. The van der Waals surface area contributed by atoms with E-state index in [4.69, 9.17) is 4.74 Å². The normalized spacial score (nSPS) is 23.3. The second-order valence-electron chi connectivity index (χ2n) is 11.4. The lowest BCUT2D eigenvalue weighted by atomic mass is 9.76. The number of H-pyrrole nitrogens is 1. The molecule has 3 heterocycles. The number of hydrogen-bond donors (Lipinski definition) is 3. The SMILES string of the molecule is CCc1ccc(N2C(=O)C3C(c4ccc(OC)c5ccccc45)NC(Cc4c[nH]c5ccccc45)(C(=O)O)C3C2=O)cc1. The number of benzene rings is 4. The maximum absolute atomic E-state index is 14.4. The first-order chi connectivity index (χ1) is 20.9. The number of anilines is 1. The third-order valence-electron chi connectivity index (χ3n) is 9.26. The quantitative estimate of drug-likeness (QED) is 0.225. The lowest BCUT2D eigenvalue weighted by Crippen LogP contribution is -2.57. The molecule has 0 saturated carbocycles. The molecule has 43 heavy (non-hydrogen) atoms. The van der Waals surface area contributed by atoms with Gasteiger partial charge in [0.15, 0.2) is 0 Å². The number of aromatic nitrogens is 1. The van der Waals surface area contributed by atoms with Gasteiger partial charge in [-0.2, -0.15) is 0 Å². The van der Waals surface area contributed by atoms with Crippen LogP contribution in [0.25, 0.3) is 21.7 Å². The maximum Gasteiger partial charge on any atom is 0.325 e. The first kappa shape index (κ1) is 26.9. The summed E-state index contributed by atoms with van der Waals surface area (Å²) in [6.45, 7) is 2.03. The number of fused-ring (bicyclic) bond motifs is 3. The molecule has 1 aromatic heterocycles. The fourth-order valence-corrected chi connectivity index (χ4v) is 7.16. The van der Waals surface area contributed by atoms with E-state index in [9.17, 15) is 19.5 Å². The zero-order valence-corrected chi connectivity index (χ0v) is 23.8. The second kappa shape index (κ2) is 10.1. The van der Waals surface area contributed by atoms with Crippen molar-refractivity contribution in [2.45, 2.75) is 31.3 Å². The average Bonchev–Trinajstić information content (AvgIpc) is 3.68. The Morgan fingerprint density at radius 3 is 2.30 bits per heavy atom. The lowest BCUT2D eigenvalue weighted by Gasteiger charge is -2.31. The van der Waals surface area contributed by atoms with Crippen molar-refractivity contribution in [2.75, 3.05) is 12.0 Å². The number of hydrogen-bond acceptors (Lipinski definition) is 5. The van der Waals surface area contributed by atoms with E-state index in [2.05, 4.69) is 10.3 Å². The van der Waals surface area contributed by atoms with Crippen molar-refractivity contribution in [1.29, 1.82) is 0 Å². The minimum Gasteiger partial charge on any atom is -0.496 e. The summed E-state index contributed by atoms with van der Waals surface area (Å²) in [6.07, 6.45) is 2.63. The highest BCUT2D eigenvalue weighted by atomic mass is 16.5. The summed E-state index contributed by atoms with van der Waals surface area (Å²) in [5.41, 5.74) is 2.16. The Morgan fingerprint density at radius 1 is 0.907 bits per heavy atom. The van der Waals surface area contributed by atoms with Gasteiger partial charge < -0.3 is 14.8 Å². The number of para-hydroxylation sites is 1. The fourth-order valence-electron chi connectivity index (χ4n) is 7.16. The summed E-state index contributed by atoms with van der Waals surface area (Å²) in [5.74, 6) is -3.48. The first-order valence-corrected chi connectivity index (χ1v) is 14.5. The molecule has 7 rings (SSSR count). The van der Waals surface area contributed by atoms with Crippen LogP contribution in [0.15, 0.2) is 91.1 Å². The number of methoxy groups -OCH3 is 1.